The van der Waals surface area contributed by atoms with Crippen LogP contribution in [0.3, 0.4) is 0 Å². The standard InChI is InChI=1S/C16H15N3O2S2/c1-21-12-4-2-11(3-5-12)13-10-23-15(18-13)7-6-14(20)19-16-17-8-9-22-16/h2-5,8-10H,6-7H2,1H3,(H,17,19,20). The summed E-state index contributed by atoms with van der Waals surface area (Å²) in [6.07, 6.45) is 2.69. The number of amides is 1. The van der Waals surface area contributed by atoms with Crippen molar-refractivity contribution in [1.29, 1.82) is 0 Å². The minimum atomic E-state index is -0.0406. The summed E-state index contributed by atoms with van der Waals surface area (Å²) in [5.41, 5.74) is 1.97. The molecule has 0 saturated carbocycles. The van der Waals surface area contributed by atoms with Crippen molar-refractivity contribution in [2.24, 2.45) is 0 Å². The molecule has 1 amide bonds. The predicted octanol–water partition coefficient (Wildman–Crippen LogP) is 3.85. The van der Waals surface area contributed by atoms with Crippen LogP contribution in [0.2, 0.25) is 0 Å². The van der Waals surface area contributed by atoms with Crippen molar-refractivity contribution in [3.8, 4) is 17.0 Å². The average molecular weight is 345 g/mol. The molecule has 1 aromatic carbocycles. The Labute approximate surface area is 142 Å². The zero-order valence-corrected chi connectivity index (χ0v) is 14.1. The molecular weight excluding hydrogens is 330 g/mol. The number of nitrogens with zero attached hydrogens (tertiary/aromatic N) is 2. The minimum Gasteiger partial charge on any atom is -0.497 e. The molecule has 0 radical (unpaired) electrons. The first kappa shape index (κ1) is 15.6. The van der Waals surface area contributed by atoms with E-state index in [2.05, 4.69) is 15.3 Å². The van der Waals surface area contributed by atoms with Crippen molar-refractivity contribution in [1.82, 2.24) is 9.97 Å². The smallest absolute Gasteiger partial charge is 0.226 e. The molecule has 0 fully saturated rings. The Morgan fingerprint density at radius 1 is 1.26 bits per heavy atom. The van der Waals surface area contributed by atoms with E-state index in [-0.39, 0.29) is 5.91 Å². The molecule has 0 aliphatic carbocycles. The lowest BCUT2D eigenvalue weighted by Crippen LogP contribution is -2.11. The van der Waals surface area contributed by atoms with Crippen molar-refractivity contribution in [3.05, 3.63) is 46.2 Å². The summed E-state index contributed by atoms with van der Waals surface area (Å²) in [6, 6.07) is 7.78. The maximum Gasteiger partial charge on any atom is 0.226 e. The molecule has 2 heterocycles. The monoisotopic (exact) mass is 345 g/mol. The van der Waals surface area contributed by atoms with Crippen LogP contribution in [0.4, 0.5) is 5.13 Å². The number of aromatic nitrogens is 2. The Morgan fingerprint density at radius 3 is 2.78 bits per heavy atom. The Hall–Kier alpha value is -2.25. The van der Waals surface area contributed by atoms with Crippen LogP contribution in [0.5, 0.6) is 5.75 Å². The second kappa shape index (κ2) is 7.34. The first-order chi connectivity index (χ1) is 11.2. The fourth-order valence-electron chi connectivity index (χ4n) is 2.01. The van der Waals surface area contributed by atoms with Crippen LogP contribution in [0.1, 0.15) is 11.4 Å². The molecule has 3 rings (SSSR count). The van der Waals surface area contributed by atoms with Gasteiger partial charge in [0.05, 0.1) is 17.8 Å². The van der Waals surface area contributed by atoms with Gasteiger partial charge < -0.3 is 10.1 Å². The summed E-state index contributed by atoms with van der Waals surface area (Å²) in [4.78, 5) is 20.5. The summed E-state index contributed by atoms with van der Waals surface area (Å²) in [7, 11) is 1.65. The van der Waals surface area contributed by atoms with E-state index in [1.165, 1.54) is 11.3 Å². The predicted molar refractivity (Wildman–Crippen MR) is 93.2 cm³/mol. The lowest BCUT2D eigenvalue weighted by molar-refractivity contribution is -0.116. The Balaban J connectivity index is 1.57. The molecule has 23 heavy (non-hydrogen) atoms. The number of aryl methyl sites for hydroxylation is 1. The van der Waals surface area contributed by atoms with Crippen LogP contribution < -0.4 is 10.1 Å². The molecule has 0 aliphatic heterocycles. The summed E-state index contributed by atoms with van der Waals surface area (Å²) in [6.45, 7) is 0. The van der Waals surface area contributed by atoms with Crippen molar-refractivity contribution in [2.45, 2.75) is 12.8 Å². The van der Waals surface area contributed by atoms with Crippen LogP contribution in [-0.2, 0) is 11.2 Å². The third-order valence-corrected chi connectivity index (χ3v) is 4.78. The van der Waals surface area contributed by atoms with Crippen LogP contribution >= 0.6 is 22.7 Å². The summed E-state index contributed by atoms with van der Waals surface area (Å²) >= 11 is 2.98. The molecule has 0 atom stereocenters. The van der Waals surface area contributed by atoms with Gasteiger partial charge in [-0.3, -0.25) is 4.79 Å². The van der Waals surface area contributed by atoms with Crippen molar-refractivity contribution >= 4 is 33.7 Å². The molecule has 0 spiro atoms. The first-order valence-electron chi connectivity index (χ1n) is 7.03. The van der Waals surface area contributed by atoms with Gasteiger partial charge in [0.15, 0.2) is 5.13 Å². The quantitative estimate of drug-likeness (QED) is 0.737. The zero-order valence-electron chi connectivity index (χ0n) is 12.5. The largest absolute Gasteiger partial charge is 0.497 e. The fraction of sp³-hybridized carbons (Fsp3) is 0.188. The normalized spacial score (nSPS) is 10.5. The van der Waals surface area contributed by atoms with E-state index in [1.54, 1.807) is 24.6 Å². The summed E-state index contributed by atoms with van der Waals surface area (Å²) < 4.78 is 5.15. The molecule has 3 aromatic rings. The highest BCUT2D eigenvalue weighted by molar-refractivity contribution is 7.13. The van der Waals surface area contributed by atoms with E-state index < -0.39 is 0 Å². The maximum absolute atomic E-state index is 11.8. The average Bonchev–Trinajstić information content (AvgIpc) is 3.25. The highest BCUT2D eigenvalue weighted by Gasteiger charge is 2.08. The first-order valence-corrected chi connectivity index (χ1v) is 8.78. The van der Waals surface area contributed by atoms with E-state index in [0.717, 1.165) is 22.0 Å². The molecule has 2 aromatic heterocycles. The van der Waals surface area contributed by atoms with Crippen LogP contribution in [0.15, 0.2) is 41.2 Å². The molecule has 0 unspecified atom stereocenters. The van der Waals surface area contributed by atoms with E-state index in [9.17, 15) is 4.79 Å². The molecule has 0 saturated heterocycles. The molecule has 5 nitrogen and oxygen atoms in total. The summed E-state index contributed by atoms with van der Waals surface area (Å²) in [5.74, 6) is 0.782. The minimum absolute atomic E-state index is 0.0406. The van der Waals surface area contributed by atoms with Crippen molar-refractivity contribution < 1.29 is 9.53 Å². The Bertz CT molecular complexity index is 767. The van der Waals surface area contributed by atoms with Gasteiger partial charge in [0.2, 0.25) is 5.91 Å². The third kappa shape index (κ3) is 4.14. The number of hydrogen-bond donors (Lipinski definition) is 1. The molecular formula is C16H15N3O2S2. The number of anilines is 1. The number of carbonyl (C=O) groups excluding carboxylic acids is 1. The van der Waals surface area contributed by atoms with Gasteiger partial charge in [-0.25, -0.2) is 9.97 Å². The Kier molecular flexibility index (Phi) is 4.99. The fourth-order valence-corrected chi connectivity index (χ4v) is 3.36. The number of thiazole rings is 2. The van der Waals surface area contributed by atoms with Gasteiger partial charge in [-0.1, -0.05) is 0 Å². The van der Waals surface area contributed by atoms with Gasteiger partial charge in [0.1, 0.15) is 5.75 Å². The topological polar surface area (TPSA) is 64.1 Å². The van der Waals surface area contributed by atoms with E-state index in [1.807, 2.05) is 35.0 Å². The Morgan fingerprint density at radius 2 is 2.09 bits per heavy atom. The van der Waals surface area contributed by atoms with Gasteiger partial charge >= 0.3 is 0 Å². The SMILES string of the molecule is COc1ccc(-c2csc(CCC(=O)Nc3nccs3)n2)cc1. The van der Waals surface area contributed by atoms with E-state index in [0.29, 0.717) is 18.0 Å². The number of ether oxygens (including phenoxy) is 1. The zero-order chi connectivity index (χ0) is 16.1. The van der Waals surface area contributed by atoms with Crippen LogP contribution in [0.25, 0.3) is 11.3 Å². The van der Waals surface area contributed by atoms with Gasteiger partial charge in [-0.05, 0) is 24.3 Å². The second-order valence-electron chi connectivity index (χ2n) is 4.74. The van der Waals surface area contributed by atoms with Gasteiger partial charge in [0, 0.05) is 35.4 Å². The maximum atomic E-state index is 11.8. The van der Waals surface area contributed by atoms with Crippen LogP contribution in [0, 0.1) is 0 Å². The second-order valence-corrected chi connectivity index (χ2v) is 6.58. The van der Waals surface area contributed by atoms with Gasteiger partial charge in [0.25, 0.3) is 0 Å². The summed E-state index contributed by atoms with van der Waals surface area (Å²) in [5, 5.41) is 8.20. The number of benzene rings is 1. The molecule has 1 N–H and O–H groups in total. The highest BCUT2D eigenvalue weighted by Crippen LogP contribution is 2.24. The lowest BCUT2D eigenvalue weighted by Gasteiger charge is -2.01. The number of rotatable bonds is 6. The van der Waals surface area contributed by atoms with E-state index in [4.69, 9.17) is 4.74 Å². The highest BCUT2D eigenvalue weighted by atomic mass is 32.1. The number of hydrogen-bond acceptors (Lipinski definition) is 6. The molecule has 0 bridgehead atoms. The number of carbonyl (C=O) groups is 1. The number of nitrogens with one attached hydrogen (secondary N) is 1. The molecule has 0 aliphatic rings. The van der Waals surface area contributed by atoms with Gasteiger partial charge in [-0.2, -0.15) is 0 Å². The molecule has 7 heteroatoms. The third-order valence-electron chi connectivity index (χ3n) is 3.18. The molecule has 118 valence electrons. The van der Waals surface area contributed by atoms with E-state index >= 15 is 0 Å². The van der Waals surface area contributed by atoms with Crippen molar-refractivity contribution in [2.75, 3.05) is 12.4 Å². The van der Waals surface area contributed by atoms with Gasteiger partial charge in [-0.15, -0.1) is 22.7 Å². The lowest BCUT2D eigenvalue weighted by atomic mass is 10.2. The van der Waals surface area contributed by atoms with Crippen LogP contribution in [-0.4, -0.2) is 23.0 Å². The number of methoxy groups -OCH3 is 1. The van der Waals surface area contributed by atoms with Crippen molar-refractivity contribution in [3.63, 3.8) is 0 Å².